The molecule has 0 atom stereocenters. The third-order valence-electron chi connectivity index (χ3n) is 2.38. The van der Waals surface area contributed by atoms with Crippen molar-refractivity contribution in [1.82, 2.24) is 9.78 Å². The van der Waals surface area contributed by atoms with Crippen LogP contribution < -0.4 is 5.73 Å². The summed E-state index contributed by atoms with van der Waals surface area (Å²) in [6, 6.07) is 7.69. The van der Waals surface area contributed by atoms with Crippen molar-refractivity contribution in [2.24, 2.45) is 7.05 Å². The van der Waals surface area contributed by atoms with Crippen LogP contribution in [0.1, 0.15) is 5.56 Å². The zero-order valence-electron chi connectivity index (χ0n) is 8.66. The highest BCUT2D eigenvalue weighted by Gasteiger charge is 2.09. The molecule has 0 aliphatic carbocycles. The van der Waals surface area contributed by atoms with E-state index in [4.69, 9.17) is 17.3 Å². The van der Waals surface area contributed by atoms with Crippen molar-refractivity contribution in [3.8, 4) is 11.3 Å². The molecule has 2 rings (SSSR count). The van der Waals surface area contributed by atoms with E-state index >= 15 is 0 Å². The van der Waals surface area contributed by atoms with Gasteiger partial charge >= 0.3 is 0 Å². The first kappa shape index (κ1) is 10.1. The van der Waals surface area contributed by atoms with E-state index in [9.17, 15) is 0 Å². The highest BCUT2D eigenvalue weighted by Crippen LogP contribution is 2.30. The number of nitrogens with zero attached hydrogens (tertiary/aromatic N) is 2. The second-order valence-corrected chi connectivity index (χ2v) is 3.89. The van der Waals surface area contributed by atoms with Crippen LogP contribution in [0.25, 0.3) is 11.3 Å². The molecule has 3 nitrogen and oxygen atoms in total. The van der Waals surface area contributed by atoms with E-state index in [-0.39, 0.29) is 0 Å². The highest BCUT2D eigenvalue weighted by atomic mass is 35.5. The second-order valence-electron chi connectivity index (χ2n) is 3.51. The Labute approximate surface area is 93.5 Å². The SMILES string of the molecule is Cc1cccc(-c2cc(N)n(C)n2)c1Cl. The van der Waals surface area contributed by atoms with Gasteiger partial charge in [0.15, 0.2) is 0 Å². The van der Waals surface area contributed by atoms with Gasteiger partial charge in [0.25, 0.3) is 0 Å². The van der Waals surface area contributed by atoms with Crippen LogP contribution in [-0.2, 0) is 7.05 Å². The number of benzene rings is 1. The molecule has 0 amide bonds. The summed E-state index contributed by atoms with van der Waals surface area (Å²) in [6.07, 6.45) is 0. The van der Waals surface area contributed by atoms with Crippen LogP contribution in [0.2, 0.25) is 5.02 Å². The summed E-state index contributed by atoms with van der Waals surface area (Å²) >= 11 is 6.20. The smallest absolute Gasteiger partial charge is 0.121 e. The summed E-state index contributed by atoms with van der Waals surface area (Å²) in [6.45, 7) is 1.97. The van der Waals surface area contributed by atoms with Gasteiger partial charge in [0, 0.05) is 18.7 Å². The first-order valence-corrected chi connectivity index (χ1v) is 5.02. The van der Waals surface area contributed by atoms with E-state index in [2.05, 4.69) is 5.10 Å². The molecular formula is C11H12ClN3. The van der Waals surface area contributed by atoms with Crippen molar-refractivity contribution in [1.29, 1.82) is 0 Å². The zero-order valence-corrected chi connectivity index (χ0v) is 9.42. The fraction of sp³-hybridized carbons (Fsp3) is 0.182. The van der Waals surface area contributed by atoms with E-state index in [0.29, 0.717) is 5.82 Å². The maximum absolute atomic E-state index is 6.20. The Morgan fingerprint density at radius 2 is 2.13 bits per heavy atom. The Bertz CT molecular complexity index is 483. The Morgan fingerprint density at radius 3 is 2.73 bits per heavy atom. The molecule has 1 aromatic heterocycles. The quantitative estimate of drug-likeness (QED) is 0.805. The van der Waals surface area contributed by atoms with Gasteiger partial charge in [-0.25, -0.2) is 0 Å². The van der Waals surface area contributed by atoms with Gasteiger partial charge in [0.1, 0.15) is 5.82 Å². The average molecular weight is 222 g/mol. The fourth-order valence-corrected chi connectivity index (χ4v) is 1.68. The molecule has 0 aliphatic rings. The van der Waals surface area contributed by atoms with Crippen LogP contribution in [0.4, 0.5) is 5.82 Å². The first-order chi connectivity index (χ1) is 7.09. The number of nitrogens with two attached hydrogens (primary N) is 1. The monoisotopic (exact) mass is 221 g/mol. The van der Waals surface area contributed by atoms with Crippen LogP contribution in [0, 0.1) is 6.92 Å². The summed E-state index contributed by atoms with van der Waals surface area (Å²) in [5.41, 5.74) is 8.49. The summed E-state index contributed by atoms with van der Waals surface area (Å²) < 4.78 is 1.63. The zero-order chi connectivity index (χ0) is 11.0. The van der Waals surface area contributed by atoms with Gasteiger partial charge in [-0.2, -0.15) is 5.10 Å². The first-order valence-electron chi connectivity index (χ1n) is 4.64. The molecule has 0 spiro atoms. The lowest BCUT2D eigenvalue weighted by Gasteiger charge is -2.02. The summed E-state index contributed by atoms with van der Waals surface area (Å²) in [4.78, 5) is 0. The van der Waals surface area contributed by atoms with Crippen LogP contribution >= 0.6 is 11.6 Å². The number of hydrogen-bond donors (Lipinski definition) is 1. The summed E-state index contributed by atoms with van der Waals surface area (Å²) in [5.74, 6) is 0.627. The molecule has 4 heteroatoms. The molecule has 0 bridgehead atoms. The third-order valence-corrected chi connectivity index (χ3v) is 2.89. The number of halogens is 1. The van der Waals surface area contributed by atoms with Gasteiger partial charge in [0.2, 0.25) is 0 Å². The maximum Gasteiger partial charge on any atom is 0.121 e. The Hall–Kier alpha value is -1.48. The van der Waals surface area contributed by atoms with Crippen molar-refractivity contribution in [3.05, 3.63) is 34.9 Å². The predicted molar refractivity (Wildman–Crippen MR) is 62.8 cm³/mol. The minimum atomic E-state index is 0.627. The van der Waals surface area contributed by atoms with Crippen molar-refractivity contribution >= 4 is 17.4 Å². The van der Waals surface area contributed by atoms with Crippen molar-refractivity contribution in [2.75, 3.05) is 5.73 Å². The standard InChI is InChI=1S/C11H12ClN3/c1-7-4-3-5-8(11(7)12)9-6-10(13)15(2)14-9/h3-6H,13H2,1-2H3. The van der Waals surface area contributed by atoms with Crippen molar-refractivity contribution < 1.29 is 0 Å². The Kier molecular flexibility index (Phi) is 2.40. The van der Waals surface area contributed by atoms with E-state index in [0.717, 1.165) is 21.8 Å². The molecule has 0 saturated heterocycles. The van der Waals surface area contributed by atoms with E-state index in [1.807, 2.05) is 38.2 Å². The van der Waals surface area contributed by atoms with Gasteiger partial charge in [-0.3, -0.25) is 4.68 Å². The van der Waals surface area contributed by atoms with Crippen molar-refractivity contribution in [2.45, 2.75) is 6.92 Å². The predicted octanol–water partition coefficient (Wildman–Crippen LogP) is 2.63. The molecule has 1 aromatic carbocycles. The number of aromatic nitrogens is 2. The Balaban J connectivity index is 2.59. The molecule has 78 valence electrons. The molecule has 2 aromatic rings. The highest BCUT2D eigenvalue weighted by molar-refractivity contribution is 6.34. The third kappa shape index (κ3) is 1.70. The van der Waals surface area contributed by atoms with Crippen molar-refractivity contribution in [3.63, 3.8) is 0 Å². The number of aryl methyl sites for hydroxylation is 2. The fourth-order valence-electron chi connectivity index (χ4n) is 1.46. The minimum absolute atomic E-state index is 0.627. The molecule has 0 radical (unpaired) electrons. The summed E-state index contributed by atoms with van der Waals surface area (Å²) in [7, 11) is 1.81. The molecule has 0 unspecified atom stereocenters. The van der Waals surface area contributed by atoms with Gasteiger partial charge in [-0.05, 0) is 12.5 Å². The molecule has 2 N–H and O–H groups in total. The number of rotatable bonds is 1. The van der Waals surface area contributed by atoms with E-state index < -0.39 is 0 Å². The van der Waals surface area contributed by atoms with E-state index in [1.165, 1.54) is 0 Å². The minimum Gasteiger partial charge on any atom is -0.384 e. The summed E-state index contributed by atoms with van der Waals surface area (Å²) in [5, 5.41) is 5.02. The van der Waals surface area contributed by atoms with Crippen LogP contribution in [0.5, 0.6) is 0 Å². The molecule has 0 aliphatic heterocycles. The lowest BCUT2D eigenvalue weighted by atomic mass is 10.1. The maximum atomic E-state index is 6.20. The molecule has 15 heavy (non-hydrogen) atoms. The number of anilines is 1. The second kappa shape index (κ2) is 3.59. The lowest BCUT2D eigenvalue weighted by Crippen LogP contribution is -1.96. The topological polar surface area (TPSA) is 43.8 Å². The van der Waals surface area contributed by atoms with Crippen LogP contribution in [0.15, 0.2) is 24.3 Å². The van der Waals surface area contributed by atoms with Gasteiger partial charge in [-0.15, -0.1) is 0 Å². The molecule has 1 heterocycles. The number of hydrogen-bond acceptors (Lipinski definition) is 2. The normalized spacial score (nSPS) is 10.6. The van der Waals surface area contributed by atoms with Gasteiger partial charge in [-0.1, -0.05) is 29.8 Å². The lowest BCUT2D eigenvalue weighted by molar-refractivity contribution is 0.782. The molecule has 0 saturated carbocycles. The largest absolute Gasteiger partial charge is 0.384 e. The van der Waals surface area contributed by atoms with Gasteiger partial charge < -0.3 is 5.73 Å². The van der Waals surface area contributed by atoms with Crippen LogP contribution in [-0.4, -0.2) is 9.78 Å². The molecule has 0 fully saturated rings. The van der Waals surface area contributed by atoms with Crippen LogP contribution in [0.3, 0.4) is 0 Å². The molecular weight excluding hydrogens is 210 g/mol. The Morgan fingerprint density at radius 1 is 1.40 bits per heavy atom. The van der Waals surface area contributed by atoms with E-state index in [1.54, 1.807) is 4.68 Å². The van der Waals surface area contributed by atoms with Gasteiger partial charge in [0.05, 0.1) is 10.7 Å². The number of nitrogen functional groups attached to an aromatic ring is 1. The average Bonchev–Trinajstić information content (AvgIpc) is 2.51.